The summed E-state index contributed by atoms with van der Waals surface area (Å²) < 4.78 is 0. The third kappa shape index (κ3) is 4.39. The van der Waals surface area contributed by atoms with Gasteiger partial charge in [-0.3, -0.25) is 9.59 Å². The predicted molar refractivity (Wildman–Crippen MR) is 92.6 cm³/mol. The first-order valence-electron chi connectivity index (χ1n) is 7.48. The second kappa shape index (κ2) is 7.37. The van der Waals surface area contributed by atoms with Crippen molar-refractivity contribution in [1.29, 1.82) is 0 Å². The molecule has 1 aromatic carbocycles. The minimum atomic E-state index is -0.651. The number of benzene rings is 1. The maximum Gasteiger partial charge on any atom is 0.313 e. The zero-order valence-corrected chi connectivity index (χ0v) is 14.6. The van der Waals surface area contributed by atoms with Gasteiger partial charge in [0.05, 0.1) is 11.6 Å². The van der Waals surface area contributed by atoms with E-state index in [1.807, 2.05) is 32.0 Å². The minimum Gasteiger partial charge on any atom is -0.343 e. The van der Waals surface area contributed by atoms with E-state index in [9.17, 15) is 9.59 Å². The van der Waals surface area contributed by atoms with Crippen LogP contribution in [0.2, 0.25) is 0 Å². The highest BCUT2D eigenvalue weighted by Gasteiger charge is 2.17. The first kappa shape index (κ1) is 17.1. The van der Waals surface area contributed by atoms with Gasteiger partial charge >= 0.3 is 11.8 Å². The number of hydrogen-bond donors (Lipinski definition) is 2. The first-order chi connectivity index (χ1) is 10.9. The number of amides is 2. The average molecular weight is 331 g/mol. The summed E-state index contributed by atoms with van der Waals surface area (Å²) >= 11 is 1.50. The predicted octanol–water partition coefficient (Wildman–Crippen LogP) is 3.14. The van der Waals surface area contributed by atoms with Crippen LogP contribution in [0.15, 0.2) is 24.4 Å². The maximum absolute atomic E-state index is 12.1. The molecule has 2 amide bonds. The second-order valence-corrected chi connectivity index (χ2v) is 7.00. The van der Waals surface area contributed by atoms with Crippen LogP contribution in [0.5, 0.6) is 0 Å². The van der Waals surface area contributed by atoms with Gasteiger partial charge in [0, 0.05) is 16.8 Å². The summed E-state index contributed by atoms with van der Waals surface area (Å²) in [6.07, 6.45) is 1.70. The van der Waals surface area contributed by atoms with Crippen LogP contribution in [0, 0.1) is 13.8 Å². The smallest absolute Gasteiger partial charge is 0.313 e. The lowest BCUT2D eigenvalue weighted by molar-refractivity contribution is -0.136. The third-order valence-electron chi connectivity index (χ3n) is 3.46. The lowest BCUT2D eigenvalue weighted by Gasteiger charge is -2.16. The van der Waals surface area contributed by atoms with Crippen molar-refractivity contribution in [3.05, 3.63) is 45.4 Å². The van der Waals surface area contributed by atoms with E-state index in [-0.39, 0.29) is 5.92 Å². The van der Waals surface area contributed by atoms with Gasteiger partial charge in [0.1, 0.15) is 0 Å². The molecule has 6 heteroatoms. The van der Waals surface area contributed by atoms with Crippen LogP contribution in [-0.2, 0) is 16.1 Å². The number of nitrogens with zero attached hydrogens (tertiary/aromatic N) is 1. The van der Waals surface area contributed by atoms with Crippen LogP contribution < -0.4 is 10.6 Å². The van der Waals surface area contributed by atoms with Crippen molar-refractivity contribution in [3.63, 3.8) is 0 Å². The normalized spacial score (nSPS) is 10.7. The molecule has 0 atom stereocenters. The summed E-state index contributed by atoms with van der Waals surface area (Å²) in [5.41, 5.74) is 2.68. The Morgan fingerprint density at radius 2 is 1.96 bits per heavy atom. The van der Waals surface area contributed by atoms with E-state index in [1.54, 1.807) is 6.20 Å². The molecule has 1 aromatic heterocycles. The number of nitrogens with one attached hydrogen (secondary N) is 2. The zero-order chi connectivity index (χ0) is 17.0. The standard InChI is InChI=1S/C17H21N3O2S/c1-10(2)14-7-5-6-11(3)15(14)20-17(22)16(21)19-9-13-8-18-12(4)23-13/h5-8,10H,9H2,1-4H3,(H,19,21)(H,20,22). The van der Waals surface area contributed by atoms with Gasteiger partial charge in [-0.05, 0) is 30.9 Å². The Morgan fingerprint density at radius 3 is 2.57 bits per heavy atom. The van der Waals surface area contributed by atoms with Gasteiger partial charge in [0.25, 0.3) is 0 Å². The molecule has 0 aliphatic carbocycles. The molecule has 1 heterocycles. The van der Waals surface area contributed by atoms with E-state index in [4.69, 9.17) is 0 Å². The highest BCUT2D eigenvalue weighted by atomic mass is 32.1. The number of para-hydroxylation sites is 1. The molecule has 0 aliphatic heterocycles. The van der Waals surface area contributed by atoms with Crippen molar-refractivity contribution >= 4 is 28.8 Å². The molecule has 0 aliphatic rings. The number of aromatic nitrogens is 1. The van der Waals surface area contributed by atoms with Crippen LogP contribution in [0.3, 0.4) is 0 Å². The number of hydrogen-bond acceptors (Lipinski definition) is 4. The molecule has 2 N–H and O–H groups in total. The molecular weight excluding hydrogens is 310 g/mol. The number of thiazole rings is 1. The van der Waals surface area contributed by atoms with Crippen LogP contribution in [0.4, 0.5) is 5.69 Å². The SMILES string of the molecule is Cc1ncc(CNC(=O)C(=O)Nc2c(C)cccc2C(C)C)s1. The van der Waals surface area contributed by atoms with E-state index in [2.05, 4.69) is 29.5 Å². The van der Waals surface area contributed by atoms with Gasteiger partial charge in [0.2, 0.25) is 0 Å². The Hall–Kier alpha value is -2.21. The number of rotatable bonds is 4. The average Bonchev–Trinajstić information content (AvgIpc) is 2.92. The summed E-state index contributed by atoms with van der Waals surface area (Å²) in [4.78, 5) is 29.1. The van der Waals surface area contributed by atoms with Gasteiger partial charge in [-0.1, -0.05) is 32.0 Å². The summed E-state index contributed by atoms with van der Waals surface area (Å²) in [7, 11) is 0. The fraction of sp³-hybridized carbons (Fsp3) is 0.353. The minimum absolute atomic E-state index is 0.258. The van der Waals surface area contributed by atoms with E-state index >= 15 is 0 Å². The molecular formula is C17H21N3O2S. The Balaban J connectivity index is 2.02. The molecule has 23 heavy (non-hydrogen) atoms. The largest absolute Gasteiger partial charge is 0.343 e. The number of carbonyl (C=O) groups is 2. The van der Waals surface area contributed by atoms with Crippen molar-refractivity contribution in [1.82, 2.24) is 10.3 Å². The van der Waals surface area contributed by atoms with E-state index in [0.29, 0.717) is 6.54 Å². The van der Waals surface area contributed by atoms with Crippen molar-refractivity contribution in [3.8, 4) is 0 Å². The Kier molecular flexibility index (Phi) is 5.50. The quantitative estimate of drug-likeness (QED) is 0.846. The monoisotopic (exact) mass is 331 g/mol. The summed E-state index contributed by atoms with van der Waals surface area (Å²) in [6.45, 7) is 8.23. The molecule has 0 radical (unpaired) electrons. The Labute approximate surface area is 140 Å². The highest BCUT2D eigenvalue weighted by molar-refractivity contribution is 7.11. The highest BCUT2D eigenvalue weighted by Crippen LogP contribution is 2.27. The summed E-state index contributed by atoms with van der Waals surface area (Å²) in [5.74, 6) is -1.04. The Morgan fingerprint density at radius 1 is 1.22 bits per heavy atom. The fourth-order valence-electron chi connectivity index (χ4n) is 2.25. The maximum atomic E-state index is 12.1. The molecule has 0 spiro atoms. The van der Waals surface area contributed by atoms with Crippen molar-refractivity contribution in [2.24, 2.45) is 0 Å². The third-order valence-corrected chi connectivity index (χ3v) is 4.38. The molecule has 0 unspecified atom stereocenters. The number of aryl methyl sites for hydroxylation is 2. The van der Waals surface area contributed by atoms with Crippen molar-refractivity contribution in [2.45, 2.75) is 40.2 Å². The van der Waals surface area contributed by atoms with E-state index in [1.165, 1.54) is 11.3 Å². The second-order valence-electron chi connectivity index (χ2n) is 5.68. The van der Waals surface area contributed by atoms with Crippen LogP contribution in [0.1, 0.15) is 40.8 Å². The lowest BCUT2D eigenvalue weighted by atomic mass is 9.98. The molecule has 0 bridgehead atoms. The Bertz CT molecular complexity index is 722. The summed E-state index contributed by atoms with van der Waals surface area (Å²) in [5, 5.41) is 6.29. The topological polar surface area (TPSA) is 71.1 Å². The molecule has 0 saturated carbocycles. The van der Waals surface area contributed by atoms with Gasteiger partial charge in [-0.25, -0.2) is 4.98 Å². The van der Waals surface area contributed by atoms with Crippen molar-refractivity contribution in [2.75, 3.05) is 5.32 Å². The number of anilines is 1. The van der Waals surface area contributed by atoms with Gasteiger partial charge in [-0.15, -0.1) is 11.3 Å². The molecule has 122 valence electrons. The van der Waals surface area contributed by atoms with Gasteiger partial charge < -0.3 is 10.6 Å². The van der Waals surface area contributed by atoms with Gasteiger partial charge in [0.15, 0.2) is 0 Å². The zero-order valence-electron chi connectivity index (χ0n) is 13.8. The molecule has 0 fully saturated rings. The fourth-order valence-corrected chi connectivity index (χ4v) is 2.98. The molecule has 0 saturated heterocycles. The van der Waals surface area contributed by atoms with E-state index < -0.39 is 11.8 Å². The number of carbonyl (C=O) groups excluding carboxylic acids is 2. The van der Waals surface area contributed by atoms with Crippen molar-refractivity contribution < 1.29 is 9.59 Å². The first-order valence-corrected chi connectivity index (χ1v) is 8.30. The molecule has 2 aromatic rings. The molecule has 5 nitrogen and oxygen atoms in total. The van der Waals surface area contributed by atoms with Crippen LogP contribution >= 0.6 is 11.3 Å². The van der Waals surface area contributed by atoms with Gasteiger partial charge in [-0.2, -0.15) is 0 Å². The van der Waals surface area contributed by atoms with Crippen LogP contribution in [-0.4, -0.2) is 16.8 Å². The van der Waals surface area contributed by atoms with Crippen LogP contribution in [0.25, 0.3) is 0 Å². The lowest BCUT2D eigenvalue weighted by Crippen LogP contribution is -2.35. The molecule has 2 rings (SSSR count). The van der Waals surface area contributed by atoms with E-state index in [0.717, 1.165) is 26.7 Å². The summed E-state index contributed by atoms with van der Waals surface area (Å²) in [6, 6.07) is 5.83.